The summed E-state index contributed by atoms with van der Waals surface area (Å²) in [5, 5.41) is 0. The summed E-state index contributed by atoms with van der Waals surface area (Å²) >= 11 is -1.36. The fraction of sp³-hybridized carbons (Fsp3) is 0. The summed E-state index contributed by atoms with van der Waals surface area (Å²) in [6.07, 6.45) is 7.01. The third-order valence-electron chi connectivity index (χ3n) is 2.00. The van der Waals surface area contributed by atoms with Crippen LogP contribution in [0.2, 0.25) is 0 Å². The van der Waals surface area contributed by atoms with Gasteiger partial charge in [0.05, 0.1) is 0 Å². The summed E-state index contributed by atoms with van der Waals surface area (Å²) in [5.41, 5.74) is 2.04. The molecule has 0 radical (unpaired) electrons. The van der Waals surface area contributed by atoms with Gasteiger partial charge in [-0.15, -0.1) is 0 Å². The second kappa shape index (κ2) is 6.83. The molecule has 17 heavy (non-hydrogen) atoms. The Hall–Kier alpha value is -1.64. The van der Waals surface area contributed by atoms with Crippen molar-refractivity contribution in [1.29, 1.82) is 0 Å². The summed E-state index contributed by atoms with van der Waals surface area (Å²) in [6.45, 7) is 0. The van der Waals surface area contributed by atoms with Crippen molar-refractivity contribution in [3.05, 3.63) is 60.2 Å². The molecule has 0 spiro atoms. The molecule has 0 aliphatic heterocycles. The van der Waals surface area contributed by atoms with Crippen LogP contribution in [0.1, 0.15) is 11.1 Å². The maximum atomic E-state index is 3.95. The molecule has 0 fully saturated rings. The minimum atomic E-state index is -1.36. The van der Waals surface area contributed by atoms with Gasteiger partial charge in [0.2, 0.25) is 0 Å². The van der Waals surface area contributed by atoms with E-state index in [-0.39, 0.29) is 0 Å². The standard InChI is InChI=1S/2C7H4N.Hg/c2*1-2-7-3-5-8-6-4-7;/h2*3-6H;. The Morgan fingerprint density at radius 2 is 1.12 bits per heavy atom. The van der Waals surface area contributed by atoms with E-state index in [1.54, 1.807) is 24.8 Å². The van der Waals surface area contributed by atoms with Crippen LogP contribution < -0.4 is 0 Å². The maximum absolute atomic E-state index is 3.95. The molecule has 2 aromatic heterocycles. The van der Waals surface area contributed by atoms with E-state index >= 15 is 0 Å². The average Bonchev–Trinajstić information content (AvgIpc) is 2.41. The SMILES string of the molecule is [C](#Cc1ccncc1)[Hg][C]#Cc1ccncc1. The normalized spacial score (nSPS) is 8.00. The summed E-state index contributed by atoms with van der Waals surface area (Å²) in [4.78, 5) is 7.89. The first-order valence-electron chi connectivity index (χ1n) is 5.23. The van der Waals surface area contributed by atoms with Gasteiger partial charge in [-0.25, -0.2) is 0 Å². The molecular weight excluding hydrogens is 397 g/mol. The fourth-order valence-electron chi connectivity index (χ4n) is 1.21. The zero-order chi connectivity index (χ0) is 11.8. The summed E-state index contributed by atoms with van der Waals surface area (Å²) in [6, 6.07) is 7.66. The number of nitrogens with zero attached hydrogens (tertiary/aromatic N) is 2. The third kappa shape index (κ3) is 4.38. The van der Waals surface area contributed by atoms with Crippen molar-refractivity contribution in [3.63, 3.8) is 0 Å². The van der Waals surface area contributed by atoms with Gasteiger partial charge < -0.3 is 0 Å². The molecule has 0 atom stereocenters. The summed E-state index contributed by atoms with van der Waals surface area (Å²) in [7, 11) is 0. The van der Waals surface area contributed by atoms with Crippen LogP contribution in [-0.2, 0) is 24.6 Å². The van der Waals surface area contributed by atoms with Crippen molar-refractivity contribution in [2.75, 3.05) is 0 Å². The zero-order valence-corrected chi connectivity index (χ0v) is 14.7. The van der Waals surface area contributed by atoms with E-state index in [4.69, 9.17) is 0 Å². The van der Waals surface area contributed by atoms with Gasteiger partial charge in [0.25, 0.3) is 0 Å². The Balaban J connectivity index is 1.93. The molecule has 0 bridgehead atoms. The zero-order valence-electron chi connectivity index (χ0n) is 9.22. The van der Waals surface area contributed by atoms with Crippen molar-refractivity contribution >= 4 is 0 Å². The van der Waals surface area contributed by atoms with Crippen molar-refractivity contribution in [2.45, 2.75) is 0 Å². The first-order chi connectivity index (χ1) is 8.45. The van der Waals surface area contributed by atoms with E-state index < -0.39 is 24.6 Å². The molecule has 0 unspecified atom stereocenters. The first-order valence-corrected chi connectivity index (χ1v) is 10.7. The van der Waals surface area contributed by atoms with Gasteiger partial charge in [-0.3, -0.25) is 0 Å². The quantitative estimate of drug-likeness (QED) is 0.495. The van der Waals surface area contributed by atoms with E-state index in [0.29, 0.717) is 0 Å². The fourth-order valence-corrected chi connectivity index (χ4v) is 3.83. The molecule has 0 saturated heterocycles. The van der Waals surface area contributed by atoms with Crippen LogP contribution in [-0.4, -0.2) is 9.97 Å². The van der Waals surface area contributed by atoms with E-state index in [2.05, 4.69) is 28.7 Å². The number of aromatic nitrogens is 2. The van der Waals surface area contributed by atoms with Crippen LogP contribution in [0.15, 0.2) is 49.1 Å². The molecule has 0 aliphatic rings. The Labute approximate surface area is 113 Å². The van der Waals surface area contributed by atoms with Crippen LogP contribution in [0.3, 0.4) is 0 Å². The monoisotopic (exact) mass is 406 g/mol. The molecule has 2 heterocycles. The van der Waals surface area contributed by atoms with E-state index in [1.807, 2.05) is 24.3 Å². The van der Waals surface area contributed by atoms with E-state index in [9.17, 15) is 0 Å². The number of pyridine rings is 2. The topological polar surface area (TPSA) is 25.8 Å². The number of rotatable bonds is 0. The molecule has 2 rings (SSSR count). The second-order valence-corrected chi connectivity index (χ2v) is 7.38. The van der Waals surface area contributed by atoms with Crippen molar-refractivity contribution in [3.8, 4) is 18.7 Å². The Kier molecular flexibility index (Phi) is 4.76. The average molecular weight is 405 g/mol. The molecule has 0 aliphatic carbocycles. The molecule has 0 amide bonds. The van der Waals surface area contributed by atoms with Gasteiger partial charge >= 0.3 is 113 Å². The second-order valence-electron chi connectivity index (χ2n) is 3.25. The Morgan fingerprint density at radius 1 is 0.706 bits per heavy atom. The van der Waals surface area contributed by atoms with Gasteiger partial charge in [-0.1, -0.05) is 0 Å². The molecular formula is C14H8HgN2. The molecule has 0 saturated carbocycles. The summed E-state index contributed by atoms with van der Waals surface area (Å²) < 4.78 is 6.45. The molecule has 76 valence electrons. The van der Waals surface area contributed by atoms with Gasteiger partial charge in [0.15, 0.2) is 0 Å². The van der Waals surface area contributed by atoms with Crippen molar-refractivity contribution < 1.29 is 24.6 Å². The van der Waals surface area contributed by atoms with Crippen LogP contribution in [0.5, 0.6) is 0 Å². The number of hydrogen-bond donors (Lipinski definition) is 0. The van der Waals surface area contributed by atoms with Gasteiger partial charge in [0, 0.05) is 0 Å². The molecule has 3 heteroatoms. The van der Waals surface area contributed by atoms with Crippen LogP contribution in [0.25, 0.3) is 0 Å². The molecule has 2 nitrogen and oxygen atoms in total. The molecule has 2 aromatic rings. The van der Waals surface area contributed by atoms with Gasteiger partial charge in [-0.05, 0) is 0 Å². The molecule has 0 aromatic carbocycles. The number of hydrogen-bond acceptors (Lipinski definition) is 2. The predicted octanol–water partition coefficient (Wildman–Crippen LogP) is 1.88. The predicted molar refractivity (Wildman–Crippen MR) is 62.2 cm³/mol. The van der Waals surface area contributed by atoms with Crippen molar-refractivity contribution in [1.82, 2.24) is 9.97 Å². The Bertz CT molecular complexity index is 531. The van der Waals surface area contributed by atoms with E-state index in [0.717, 1.165) is 11.1 Å². The molecule has 0 N–H and O–H groups in total. The third-order valence-corrected chi connectivity index (χ3v) is 4.75. The van der Waals surface area contributed by atoms with Gasteiger partial charge in [0.1, 0.15) is 0 Å². The van der Waals surface area contributed by atoms with Crippen LogP contribution in [0, 0.1) is 18.7 Å². The van der Waals surface area contributed by atoms with Crippen LogP contribution in [0.4, 0.5) is 0 Å². The summed E-state index contributed by atoms with van der Waals surface area (Å²) in [5.74, 6) is 6.25. The van der Waals surface area contributed by atoms with E-state index in [1.165, 1.54) is 0 Å². The van der Waals surface area contributed by atoms with Gasteiger partial charge in [-0.2, -0.15) is 0 Å². The van der Waals surface area contributed by atoms with Crippen molar-refractivity contribution in [2.24, 2.45) is 0 Å². The first kappa shape index (κ1) is 11.8. The van der Waals surface area contributed by atoms with Crippen LogP contribution >= 0.6 is 0 Å². The minimum absolute atomic E-state index is 1.02. The Morgan fingerprint density at radius 3 is 1.53 bits per heavy atom.